The molecule has 0 saturated carbocycles. The molecule has 2 fully saturated rings. The predicted octanol–water partition coefficient (Wildman–Crippen LogP) is 6.63. The van der Waals surface area contributed by atoms with Crippen molar-refractivity contribution in [2.24, 2.45) is 11.8 Å². The minimum atomic E-state index is -0.545. The summed E-state index contributed by atoms with van der Waals surface area (Å²) >= 11 is 0. The molecule has 3 aromatic rings. The van der Waals surface area contributed by atoms with Gasteiger partial charge in [0.25, 0.3) is 0 Å². The summed E-state index contributed by atoms with van der Waals surface area (Å²) in [5, 5.41) is 12.6. The highest BCUT2D eigenvalue weighted by Gasteiger charge is 2.39. The van der Waals surface area contributed by atoms with Gasteiger partial charge in [0.1, 0.15) is 12.1 Å². The molecule has 13 nitrogen and oxygen atoms in total. The smallest absolute Gasteiger partial charge is 0.247 e. The number of nitrogens with one attached hydrogen (secondary N) is 4. The molecule has 0 bridgehead atoms. The Balaban J connectivity index is 1.19. The summed E-state index contributed by atoms with van der Waals surface area (Å²) in [7, 11) is 3.17. The summed E-state index contributed by atoms with van der Waals surface area (Å²) in [6.45, 7) is 16.2. The predicted molar refractivity (Wildman–Crippen MR) is 249 cm³/mol. The van der Waals surface area contributed by atoms with Crippen LogP contribution in [-0.4, -0.2) is 109 Å². The lowest BCUT2D eigenvalue weighted by atomic mass is 9.87. The zero-order valence-electron chi connectivity index (χ0n) is 38.7. The van der Waals surface area contributed by atoms with Gasteiger partial charge in [-0.25, -0.2) is 0 Å². The van der Waals surface area contributed by atoms with Crippen LogP contribution >= 0.6 is 0 Å². The molecule has 340 valence electrons. The third-order valence-electron chi connectivity index (χ3n) is 12.5. The quantitative estimate of drug-likeness (QED) is 0.111. The lowest BCUT2D eigenvalue weighted by Gasteiger charge is -2.31. The Bertz CT molecular complexity index is 2120. The van der Waals surface area contributed by atoms with Crippen molar-refractivity contribution in [3.05, 3.63) is 90.1 Å². The van der Waals surface area contributed by atoms with Crippen molar-refractivity contribution >= 4 is 34.9 Å². The fourth-order valence-corrected chi connectivity index (χ4v) is 8.95. The van der Waals surface area contributed by atoms with E-state index in [0.29, 0.717) is 38.0 Å². The van der Waals surface area contributed by atoms with Crippen molar-refractivity contribution in [1.29, 1.82) is 0 Å². The number of carbonyl (C=O) groups is 4. The van der Waals surface area contributed by atoms with E-state index in [1.165, 1.54) is 5.56 Å². The Morgan fingerprint density at radius 1 is 0.714 bits per heavy atom. The monoisotopic (exact) mass is 864 g/mol. The Morgan fingerprint density at radius 2 is 1.25 bits per heavy atom. The maximum atomic E-state index is 13.7. The summed E-state index contributed by atoms with van der Waals surface area (Å²) in [5.74, 6) is -0.387. The van der Waals surface area contributed by atoms with Crippen LogP contribution in [0.3, 0.4) is 0 Å². The molecule has 6 rings (SSSR count). The molecule has 13 heteroatoms. The van der Waals surface area contributed by atoms with Crippen LogP contribution in [0.2, 0.25) is 0 Å². The van der Waals surface area contributed by atoms with Gasteiger partial charge in [0.2, 0.25) is 23.6 Å². The van der Waals surface area contributed by atoms with Crippen molar-refractivity contribution in [1.82, 2.24) is 30.3 Å². The molecule has 4 amide bonds. The number of hydrogen-bond acceptors (Lipinski definition) is 8. The topological polar surface area (TPSA) is 146 Å². The second-order valence-corrected chi connectivity index (χ2v) is 18.8. The van der Waals surface area contributed by atoms with E-state index in [0.717, 1.165) is 41.1 Å². The van der Waals surface area contributed by atoms with Crippen LogP contribution in [0.15, 0.2) is 78.9 Å². The molecular formula is C50H69N7O6. The molecular weight excluding hydrogens is 795 g/mol. The molecule has 0 radical (unpaired) electrons. The number of rotatable bonds is 17. The van der Waals surface area contributed by atoms with Crippen molar-refractivity contribution in [3.63, 3.8) is 0 Å². The van der Waals surface area contributed by atoms with Crippen molar-refractivity contribution < 1.29 is 28.7 Å². The number of amides is 4. The zero-order chi connectivity index (χ0) is 45.4. The van der Waals surface area contributed by atoms with E-state index in [9.17, 15) is 19.2 Å². The minimum Gasteiger partial charge on any atom is -0.370 e. The highest BCUT2D eigenvalue weighted by Crippen LogP contribution is 2.34. The molecule has 2 aromatic carbocycles. The Hall–Kier alpha value is -5.08. The number of ether oxygens (including phenoxy) is 2. The second-order valence-electron chi connectivity index (χ2n) is 18.8. The molecule has 4 N–H and O–H groups in total. The summed E-state index contributed by atoms with van der Waals surface area (Å²) in [6.07, 6.45) is 9.67. The van der Waals surface area contributed by atoms with Crippen LogP contribution in [0.4, 0.5) is 5.69 Å². The first-order valence-corrected chi connectivity index (χ1v) is 22.6. The number of allylic oxidation sites excluding steroid dienone is 2. The zero-order valence-corrected chi connectivity index (χ0v) is 38.7. The third-order valence-corrected chi connectivity index (χ3v) is 12.5. The van der Waals surface area contributed by atoms with Gasteiger partial charge in [-0.1, -0.05) is 91.0 Å². The summed E-state index contributed by atoms with van der Waals surface area (Å²) in [5.41, 5.74) is 6.90. The van der Waals surface area contributed by atoms with Crippen LogP contribution < -0.4 is 21.3 Å². The fraction of sp³-hybridized carbons (Fsp3) is 0.520. The summed E-state index contributed by atoms with van der Waals surface area (Å²) in [4.78, 5) is 58.0. The van der Waals surface area contributed by atoms with Gasteiger partial charge >= 0.3 is 0 Å². The van der Waals surface area contributed by atoms with Gasteiger partial charge in [-0.3, -0.25) is 29.8 Å². The van der Waals surface area contributed by atoms with E-state index < -0.39 is 24.2 Å². The number of hydrogen-bond donors (Lipinski definition) is 4. The molecule has 63 heavy (non-hydrogen) atoms. The third kappa shape index (κ3) is 11.2. The highest BCUT2D eigenvalue weighted by molar-refractivity contribution is 5.98. The van der Waals surface area contributed by atoms with Gasteiger partial charge in [0.05, 0.1) is 43.0 Å². The van der Waals surface area contributed by atoms with Crippen LogP contribution in [0, 0.1) is 11.8 Å². The number of carbonyl (C=O) groups excluding carboxylic acids is 4. The Morgan fingerprint density at radius 3 is 1.75 bits per heavy atom. The Kier molecular flexibility index (Phi) is 15.8. The van der Waals surface area contributed by atoms with Gasteiger partial charge in [-0.15, -0.1) is 0 Å². The van der Waals surface area contributed by atoms with Gasteiger partial charge < -0.3 is 34.5 Å². The molecule has 2 aliphatic heterocycles. The highest BCUT2D eigenvalue weighted by atomic mass is 16.5. The molecule has 1 aromatic heterocycles. The normalized spacial score (nSPS) is 20.0. The molecule has 3 heterocycles. The average Bonchev–Trinajstić information content (AvgIpc) is 4.05. The van der Waals surface area contributed by atoms with Gasteiger partial charge in [-0.2, -0.15) is 0 Å². The van der Waals surface area contributed by atoms with Crippen LogP contribution in [-0.2, 0) is 34.1 Å². The van der Waals surface area contributed by atoms with Crippen molar-refractivity contribution in [3.8, 4) is 16.9 Å². The number of aromatic nitrogens is 1. The lowest BCUT2D eigenvalue weighted by Crippen LogP contribution is -2.55. The molecule has 3 aliphatic rings. The number of methoxy groups -OCH3 is 2. The second kappa shape index (κ2) is 21.1. The van der Waals surface area contributed by atoms with Gasteiger partial charge in [0, 0.05) is 38.7 Å². The number of nitrogens with zero attached hydrogens (tertiary/aromatic N) is 3. The first-order chi connectivity index (χ1) is 30.1. The summed E-state index contributed by atoms with van der Waals surface area (Å²) < 4.78 is 12.6. The largest absolute Gasteiger partial charge is 0.370 e. The Labute approximate surface area is 374 Å². The number of benzene rings is 2. The lowest BCUT2D eigenvalue weighted by molar-refractivity contribution is -0.141. The molecule has 5 unspecified atom stereocenters. The molecule has 0 spiro atoms. The maximum Gasteiger partial charge on any atom is 0.247 e. The van der Waals surface area contributed by atoms with E-state index in [1.54, 1.807) is 24.0 Å². The molecule has 5 atom stereocenters. The molecule has 2 saturated heterocycles. The maximum absolute atomic E-state index is 13.7. The standard InChI is InChI=1S/C50H69N7O6/c1-32(2)44(51-30-62-8)48(60)55-28-10-12-42(55)46(58)53-37-20-14-34(15-21-37)40-26-27-41(57(40)39-24-18-36(19-25-39)50(5,6)7)35-16-22-38(23-17-35)54-47(59)43-13-11-29-56(43)49(61)45(33(3)4)52-31-63-9/h14-22,24-27,32-33,38,42-45,51-52H,10-13,23,28-31H2,1-9H3,(H,53,58)(H,54,59). The average molecular weight is 864 g/mol. The number of anilines is 1. The van der Waals surface area contributed by atoms with Crippen LogP contribution in [0.1, 0.15) is 91.8 Å². The minimum absolute atomic E-state index is 0.00503. The SMILES string of the molecule is COCNC(C(=O)N1CCCC1C(=O)Nc1ccc(-c2ccc(C3=CCC(NC(=O)C4CCCN4C(=O)C(NCOC)C(C)C)C=C3)n2-c2ccc(C(C)(C)C)cc2)cc1)C(C)C. The van der Waals surface area contributed by atoms with Crippen molar-refractivity contribution in [2.75, 3.05) is 46.1 Å². The first-order valence-electron chi connectivity index (χ1n) is 22.6. The van der Waals surface area contributed by atoms with E-state index in [1.807, 2.05) is 58.0 Å². The van der Waals surface area contributed by atoms with E-state index in [2.05, 4.69) is 95.2 Å². The van der Waals surface area contributed by atoms with E-state index in [-0.39, 0.29) is 60.4 Å². The van der Waals surface area contributed by atoms with Crippen LogP contribution in [0.25, 0.3) is 22.5 Å². The van der Waals surface area contributed by atoms with Gasteiger partial charge in [-0.05, 0) is 102 Å². The summed E-state index contributed by atoms with van der Waals surface area (Å²) in [6, 6.07) is 18.6. The van der Waals surface area contributed by atoms with Gasteiger partial charge in [0.15, 0.2) is 0 Å². The van der Waals surface area contributed by atoms with E-state index >= 15 is 0 Å². The molecule has 1 aliphatic carbocycles. The van der Waals surface area contributed by atoms with E-state index in [4.69, 9.17) is 9.47 Å². The first kappa shape index (κ1) is 47.4. The van der Waals surface area contributed by atoms with Crippen LogP contribution in [0.5, 0.6) is 0 Å². The fourth-order valence-electron chi connectivity index (χ4n) is 8.95. The number of likely N-dealkylation sites (tertiary alicyclic amines) is 2. The van der Waals surface area contributed by atoms with Crippen molar-refractivity contribution in [2.45, 2.75) is 116 Å².